The summed E-state index contributed by atoms with van der Waals surface area (Å²) in [6.07, 6.45) is 0. The molecule has 0 saturated carbocycles. The minimum Gasteiger partial charge on any atom is -0.309 e. The summed E-state index contributed by atoms with van der Waals surface area (Å²) in [7, 11) is 0. The molecule has 0 radical (unpaired) electrons. The van der Waals surface area contributed by atoms with Gasteiger partial charge in [-0.3, -0.25) is 9.36 Å². The molecule has 2 aromatic heterocycles. The van der Waals surface area contributed by atoms with Crippen LogP contribution in [0.2, 0.25) is 0 Å². The normalized spacial score (nSPS) is 11.4. The maximum atomic E-state index is 13.9. The maximum Gasteiger partial charge on any atom is 0.266 e. The summed E-state index contributed by atoms with van der Waals surface area (Å²) < 4.78 is 4.06. The van der Waals surface area contributed by atoms with Crippen molar-refractivity contribution in [1.82, 2.24) is 14.1 Å². The molecule has 8 aromatic rings. The predicted molar refractivity (Wildman–Crippen MR) is 173 cm³/mol. The Bertz CT molecular complexity index is 2280. The van der Waals surface area contributed by atoms with Crippen LogP contribution in [0, 0.1) is 0 Å². The molecule has 0 N–H and O–H groups in total. The van der Waals surface area contributed by atoms with Crippen molar-refractivity contribution in [2.24, 2.45) is 0 Å². The lowest BCUT2D eigenvalue weighted by Crippen LogP contribution is -2.22. The predicted octanol–water partition coefficient (Wildman–Crippen LogP) is 8.82. The molecule has 4 heteroatoms. The van der Waals surface area contributed by atoms with Crippen molar-refractivity contribution in [1.29, 1.82) is 0 Å². The van der Waals surface area contributed by atoms with E-state index in [0.29, 0.717) is 16.7 Å². The Morgan fingerprint density at radius 1 is 0.429 bits per heavy atom. The van der Waals surface area contributed by atoms with Gasteiger partial charge in [-0.2, -0.15) is 0 Å². The quantitative estimate of drug-likeness (QED) is 0.224. The fraction of sp³-hybridized carbons (Fsp3) is 0. The molecule has 0 atom stereocenters. The summed E-state index contributed by atoms with van der Waals surface area (Å²) in [6, 6.07) is 51.2. The lowest BCUT2D eigenvalue weighted by Gasteiger charge is -2.15. The molecule has 0 spiro atoms. The van der Waals surface area contributed by atoms with Gasteiger partial charge in [0, 0.05) is 22.0 Å². The van der Waals surface area contributed by atoms with Crippen molar-refractivity contribution in [2.45, 2.75) is 0 Å². The molecule has 0 saturated heterocycles. The molecule has 6 aromatic carbocycles. The largest absolute Gasteiger partial charge is 0.309 e. The summed E-state index contributed by atoms with van der Waals surface area (Å²) >= 11 is 0. The van der Waals surface area contributed by atoms with Crippen molar-refractivity contribution in [3.05, 3.63) is 162 Å². The average molecular weight is 540 g/mol. The molecule has 0 bridgehead atoms. The number of fused-ring (bicyclic) bond motifs is 4. The van der Waals surface area contributed by atoms with Crippen molar-refractivity contribution >= 4 is 32.7 Å². The molecular weight excluding hydrogens is 514 g/mol. The molecule has 0 aliphatic carbocycles. The SMILES string of the molecule is O=c1c2ccccc2nc(-c2ccccc2)n1-c1cccc(-c2cccc(-n3c4ccccc4c4ccccc43)c2)c1. The standard InChI is InChI=1S/C38H25N3O/c42-38-33-20-4-7-21-34(33)39-37(26-12-2-1-3-13-26)41(38)30-17-11-15-28(25-30)27-14-10-16-29(24-27)40-35-22-8-5-18-31(35)32-19-6-9-23-36(32)40/h1-25H. The molecule has 0 aliphatic rings. The Balaban J connectivity index is 1.31. The number of benzene rings is 6. The summed E-state index contributed by atoms with van der Waals surface area (Å²) in [4.78, 5) is 18.9. The van der Waals surface area contributed by atoms with Gasteiger partial charge < -0.3 is 4.57 Å². The van der Waals surface area contributed by atoms with Gasteiger partial charge in [0.2, 0.25) is 0 Å². The molecular formula is C38H25N3O. The zero-order chi connectivity index (χ0) is 28.0. The molecule has 4 nitrogen and oxygen atoms in total. The van der Waals surface area contributed by atoms with Crippen LogP contribution in [0.15, 0.2) is 156 Å². The van der Waals surface area contributed by atoms with E-state index in [-0.39, 0.29) is 5.56 Å². The molecule has 0 unspecified atom stereocenters. The number of hydrogen-bond donors (Lipinski definition) is 0. The lowest BCUT2D eigenvalue weighted by atomic mass is 10.0. The van der Waals surface area contributed by atoms with Crippen molar-refractivity contribution in [3.63, 3.8) is 0 Å². The van der Waals surface area contributed by atoms with Crippen LogP contribution < -0.4 is 5.56 Å². The average Bonchev–Trinajstić information content (AvgIpc) is 3.40. The van der Waals surface area contributed by atoms with Gasteiger partial charge in [-0.15, -0.1) is 0 Å². The van der Waals surface area contributed by atoms with E-state index in [1.165, 1.54) is 21.8 Å². The number of hydrogen-bond acceptors (Lipinski definition) is 2. The van der Waals surface area contributed by atoms with E-state index >= 15 is 0 Å². The monoisotopic (exact) mass is 539 g/mol. The highest BCUT2D eigenvalue weighted by molar-refractivity contribution is 6.09. The molecule has 0 fully saturated rings. The fourth-order valence-electron chi connectivity index (χ4n) is 6.00. The summed E-state index contributed by atoms with van der Waals surface area (Å²) in [5.74, 6) is 0.621. The topological polar surface area (TPSA) is 39.8 Å². The fourth-order valence-corrected chi connectivity index (χ4v) is 6.00. The highest BCUT2D eigenvalue weighted by Gasteiger charge is 2.16. The van der Waals surface area contributed by atoms with Crippen LogP contribution in [0.25, 0.3) is 66.6 Å². The summed E-state index contributed by atoms with van der Waals surface area (Å²) in [5.41, 5.74) is 7.79. The van der Waals surface area contributed by atoms with Crippen molar-refractivity contribution in [3.8, 4) is 33.9 Å². The van der Waals surface area contributed by atoms with Gasteiger partial charge in [-0.05, 0) is 59.7 Å². The Morgan fingerprint density at radius 2 is 0.929 bits per heavy atom. The third kappa shape index (κ3) is 3.85. The number of para-hydroxylation sites is 3. The Labute approximate surface area is 242 Å². The first-order valence-corrected chi connectivity index (χ1v) is 14.0. The van der Waals surface area contributed by atoms with Crippen LogP contribution in [0.5, 0.6) is 0 Å². The van der Waals surface area contributed by atoms with Gasteiger partial charge in [0.15, 0.2) is 0 Å². The summed E-state index contributed by atoms with van der Waals surface area (Å²) in [6.45, 7) is 0. The molecule has 198 valence electrons. The van der Waals surface area contributed by atoms with Crippen molar-refractivity contribution < 1.29 is 0 Å². The first-order valence-electron chi connectivity index (χ1n) is 14.0. The van der Waals surface area contributed by atoms with Gasteiger partial charge in [-0.1, -0.05) is 103 Å². The molecule has 0 aliphatic heterocycles. The second-order valence-electron chi connectivity index (χ2n) is 10.4. The second-order valence-corrected chi connectivity index (χ2v) is 10.4. The van der Waals surface area contributed by atoms with Crippen LogP contribution in [0.3, 0.4) is 0 Å². The summed E-state index contributed by atoms with van der Waals surface area (Å²) in [5, 5.41) is 3.06. The Morgan fingerprint density at radius 3 is 1.57 bits per heavy atom. The van der Waals surface area contributed by atoms with E-state index in [1.807, 2.05) is 66.7 Å². The third-order valence-corrected chi connectivity index (χ3v) is 7.93. The van der Waals surface area contributed by atoms with Gasteiger partial charge in [0.25, 0.3) is 5.56 Å². The van der Waals surface area contributed by atoms with Gasteiger partial charge in [0.05, 0.1) is 27.6 Å². The minimum absolute atomic E-state index is 0.0874. The smallest absolute Gasteiger partial charge is 0.266 e. The van der Waals surface area contributed by atoms with Gasteiger partial charge >= 0.3 is 0 Å². The zero-order valence-corrected chi connectivity index (χ0v) is 22.7. The highest BCUT2D eigenvalue weighted by Crippen LogP contribution is 2.33. The molecule has 2 heterocycles. The van der Waals surface area contributed by atoms with E-state index in [4.69, 9.17) is 4.98 Å². The maximum absolute atomic E-state index is 13.9. The lowest BCUT2D eigenvalue weighted by molar-refractivity contribution is 0.976. The number of rotatable bonds is 4. The Kier molecular flexibility index (Phi) is 5.57. The van der Waals surface area contributed by atoms with Crippen LogP contribution in [0.4, 0.5) is 0 Å². The third-order valence-electron chi connectivity index (χ3n) is 7.93. The minimum atomic E-state index is -0.0874. The first kappa shape index (κ1) is 24.1. The number of aromatic nitrogens is 3. The van der Waals surface area contributed by atoms with E-state index in [2.05, 4.69) is 89.5 Å². The number of nitrogens with zero attached hydrogens (tertiary/aromatic N) is 3. The highest BCUT2D eigenvalue weighted by atomic mass is 16.1. The Hall–Kier alpha value is -5.74. The van der Waals surface area contributed by atoms with Crippen molar-refractivity contribution in [2.75, 3.05) is 0 Å². The van der Waals surface area contributed by atoms with Crippen LogP contribution in [-0.2, 0) is 0 Å². The molecule has 42 heavy (non-hydrogen) atoms. The molecule has 0 amide bonds. The van der Waals surface area contributed by atoms with E-state index in [9.17, 15) is 4.79 Å². The van der Waals surface area contributed by atoms with E-state index in [0.717, 1.165) is 28.1 Å². The van der Waals surface area contributed by atoms with Crippen LogP contribution in [-0.4, -0.2) is 14.1 Å². The zero-order valence-electron chi connectivity index (χ0n) is 22.7. The van der Waals surface area contributed by atoms with Crippen LogP contribution in [0.1, 0.15) is 0 Å². The molecule has 8 rings (SSSR count). The van der Waals surface area contributed by atoms with Gasteiger partial charge in [0.1, 0.15) is 5.82 Å². The first-order chi connectivity index (χ1) is 20.8. The van der Waals surface area contributed by atoms with E-state index < -0.39 is 0 Å². The van der Waals surface area contributed by atoms with E-state index in [1.54, 1.807) is 4.57 Å². The van der Waals surface area contributed by atoms with Crippen LogP contribution >= 0.6 is 0 Å². The van der Waals surface area contributed by atoms with Gasteiger partial charge in [-0.25, -0.2) is 4.98 Å². The second kappa shape index (κ2) is 9.72.